The average molecular weight is 492 g/mol. The number of carbonyl (C=O) groups is 1. The van der Waals surface area contributed by atoms with Gasteiger partial charge in [0, 0.05) is 49.7 Å². The van der Waals surface area contributed by atoms with Crippen molar-refractivity contribution in [2.75, 3.05) is 57.4 Å². The molecule has 35 heavy (non-hydrogen) atoms. The smallest absolute Gasteiger partial charge is 0.253 e. The Kier molecular flexibility index (Phi) is 6.43. The van der Waals surface area contributed by atoms with Crippen LogP contribution in [-0.4, -0.2) is 78.2 Å². The zero-order valence-corrected chi connectivity index (χ0v) is 21.3. The molecular weight excluding hydrogens is 458 g/mol. The molecular formula is C27H33N5O2S. The van der Waals surface area contributed by atoms with E-state index >= 15 is 0 Å². The van der Waals surface area contributed by atoms with Gasteiger partial charge in [-0.15, -0.1) is 11.3 Å². The van der Waals surface area contributed by atoms with Crippen molar-refractivity contribution in [3.8, 4) is 0 Å². The summed E-state index contributed by atoms with van der Waals surface area (Å²) in [6.45, 7) is 9.33. The molecule has 1 aromatic carbocycles. The number of carbonyl (C=O) groups excluding carboxylic acids is 1. The number of hydrogen-bond acceptors (Lipinski definition) is 7. The van der Waals surface area contributed by atoms with Crippen molar-refractivity contribution < 1.29 is 9.53 Å². The summed E-state index contributed by atoms with van der Waals surface area (Å²) in [4.78, 5) is 32.7. The first-order chi connectivity index (χ1) is 17.2. The van der Waals surface area contributed by atoms with E-state index in [4.69, 9.17) is 14.7 Å². The number of aryl methyl sites for hydroxylation is 3. The second kappa shape index (κ2) is 9.84. The lowest BCUT2D eigenvalue weighted by atomic mass is 10.1. The number of aromatic nitrogens is 2. The number of hydrogen-bond donors (Lipinski definition) is 0. The standard InChI is InChI=1S/C27H33N5O2S/c1-2-19-6-8-20(9-7-19)27(33)32-12-10-31(11-13-32)25-24-21-4-3-5-22(21)35-26(24)29-23(28-25)18-30-14-16-34-17-15-30/h6-9H,2-5,10-18H2,1H3. The van der Waals surface area contributed by atoms with E-state index in [-0.39, 0.29) is 5.91 Å². The molecule has 184 valence electrons. The summed E-state index contributed by atoms with van der Waals surface area (Å²) in [7, 11) is 0. The molecule has 0 radical (unpaired) electrons. The molecule has 0 N–H and O–H groups in total. The highest BCUT2D eigenvalue weighted by Gasteiger charge is 2.28. The van der Waals surface area contributed by atoms with Crippen LogP contribution in [0.15, 0.2) is 24.3 Å². The molecule has 1 amide bonds. The van der Waals surface area contributed by atoms with Gasteiger partial charge in [-0.05, 0) is 48.9 Å². The van der Waals surface area contributed by atoms with Gasteiger partial charge >= 0.3 is 0 Å². The SMILES string of the molecule is CCc1ccc(C(=O)N2CCN(c3nc(CN4CCOCC4)nc4sc5c(c34)CCC5)CC2)cc1. The van der Waals surface area contributed by atoms with Crippen molar-refractivity contribution in [3.63, 3.8) is 0 Å². The van der Waals surface area contributed by atoms with Crippen molar-refractivity contribution in [1.82, 2.24) is 19.8 Å². The number of benzene rings is 1. The van der Waals surface area contributed by atoms with Crippen LogP contribution in [0.4, 0.5) is 5.82 Å². The Labute approximate surface area is 210 Å². The number of rotatable bonds is 5. The Hall–Kier alpha value is -2.55. The average Bonchev–Trinajstić information content (AvgIpc) is 3.50. The summed E-state index contributed by atoms with van der Waals surface area (Å²) in [5, 5.41) is 1.27. The fourth-order valence-electron chi connectivity index (χ4n) is 5.47. The Morgan fingerprint density at radius 3 is 2.51 bits per heavy atom. The molecule has 0 bridgehead atoms. The second-order valence-electron chi connectivity index (χ2n) is 9.72. The summed E-state index contributed by atoms with van der Waals surface area (Å²) in [6, 6.07) is 8.06. The lowest BCUT2D eigenvalue weighted by Gasteiger charge is -2.36. The van der Waals surface area contributed by atoms with E-state index in [0.717, 1.165) is 87.2 Å². The molecule has 2 fully saturated rings. The Bertz CT molecular complexity index is 1210. The maximum atomic E-state index is 13.1. The third-order valence-electron chi connectivity index (χ3n) is 7.54. The summed E-state index contributed by atoms with van der Waals surface area (Å²) < 4.78 is 5.52. The van der Waals surface area contributed by atoms with E-state index in [2.05, 4.69) is 28.9 Å². The predicted octanol–water partition coefficient (Wildman–Crippen LogP) is 3.54. The number of piperazine rings is 1. The van der Waals surface area contributed by atoms with E-state index in [9.17, 15) is 4.79 Å². The van der Waals surface area contributed by atoms with Crippen LogP contribution in [0.2, 0.25) is 0 Å². The van der Waals surface area contributed by atoms with Gasteiger partial charge in [-0.2, -0.15) is 0 Å². The number of nitrogens with zero attached hydrogens (tertiary/aromatic N) is 5. The largest absolute Gasteiger partial charge is 0.379 e. The van der Waals surface area contributed by atoms with E-state index in [1.165, 1.54) is 27.8 Å². The fraction of sp³-hybridized carbons (Fsp3) is 0.519. The number of morpholine rings is 1. The summed E-state index contributed by atoms with van der Waals surface area (Å²) >= 11 is 1.86. The van der Waals surface area contributed by atoms with Gasteiger partial charge in [-0.3, -0.25) is 9.69 Å². The van der Waals surface area contributed by atoms with Crippen molar-refractivity contribution in [2.24, 2.45) is 0 Å². The minimum atomic E-state index is 0.129. The Morgan fingerprint density at radius 1 is 1.00 bits per heavy atom. The van der Waals surface area contributed by atoms with Gasteiger partial charge in [0.2, 0.25) is 0 Å². The monoisotopic (exact) mass is 491 g/mol. The van der Waals surface area contributed by atoms with Crippen LogP contribution in [0.5, 0.6) is 0 Å². The molecule has 6 rings (SSSR count). The van der Waals surface area contributed by atoms with Gasteiger partial charge in [-0.25, -0.2) is 9.97 Å². The van der Waals surface area contributed by atoms with Crippen molar-refractivity contribution in [2.45, 2.75) is 39.2 Å². The number of fused-ring (bicyclic) bond motifs is 3. The highest BCUT2D eigenvalue weighted by molar-refractivity contribution is 7.19. The van der Waals surface area contributed by atoms with Crippen LogP contribution in [-0.2, 0) is 30.5 Å². The van der Waals surface area contributed by atoms with Crippen molar-refractivity contribution >= 4 is 33.3 Å². The van der Waals surface area contributed by atoms with E-state index in [1.54, 1.807) is 0 Å². The topological polar surface area (TPSA) is 61.8 Å². The van der Waals surface area contributed by atoms with Crippen LogP contribution in [0.1, 0.15) is 45.5 Å². The van der Waals surface area contributed by atoms with Crippen LogP contribution >= 0.6 is 11.3 Å². The van der Waals surface area contributed by atoms with E-state index in [0.29, 0.717) is 13.1 Å². The summed E-state index contributed by atoms with van der Waals surface area (Å²) in [6.07, 6.45) is 4.50. The maximum absolute atomic E-state index is 13.1. The molecule has 1 aliphatic carbocycles. The number of ether oxygens (including phenoxy) is 1. The molecule has 3 aliphatic rings. The first-order valence-corrected chi connectivity index (χ1v) is 13.8. The minimum absolute atomic E-state index is 0.129. The lowest BCUT2D eigenvalue weighted by Crippen LogP contribution is -2.49. The van der Waals surface area contributed by atoms with Crippen molar-refractivity contribution in [3.05, 3.63) is 51.7 Å². The zero-order valence-electron chi connectivity index (χ0n) is 20.5. The van der Waals surface area contributed by atoms with Gasteiger partial charge < -0.3 is 14.5 Å². The van der Waals surface area contributed by atoms with E-state index in [1.807, 2.05) is 28.4 Å². The first kappa shape index (κ1) is 22.9. The van der Waals surface area contributed by atoms with Crippen LogP contribution in [0.25, 0.3) is 10.2 Å². The molecule has 2 saturated heterocycles. The third-order valence-corrected chi connectivity index (χ3v) is 8.72. The van der Waals surface area contributed by atoms with Gasteiger partial charge in [0.15, 0.2) is 0 Å². The highest BCUT2D eigenvalue weighted by atomic mass is 32.1. The lowest BCUT2D eigenvalue weighted by molar-refractivity contribution is 0.0331. The molecule has 8 heteroatoms. The normalized spacial score (nSPS) is 18.9. The van der Waals surface area contributed by atoms with Gasteiger partial charge in [-0.1, -0.05) is 19.1 Å². The summed E-state index contributed by atoms with van der Waals surface area (Å²) in [5.74, 6) is 2.12. The maximum Gasteiger partial charge on any atom is 0.253 e. The minimum Gasteiger partial charge on any atom is -0.379 e. The number of thiophene rings is 1. The molecule has 4 heterocycles. The third kappa shape index (κ3) is 4.55. The Morgan fingerprint density at radius 2 is 1.77 bits per heavy atom. The Balaban J connectivity index is 1.23. The van der Waals surface area contributed by atoms with Crippen LogP contribution in [0.3, 0.4) is 0 Å². The van der Waals surface area contributed by atoms with Gasteiger partial charge in [0.1, 0.15) is 16.5 Å². The van der Waals surface area contributed by atoms with Crippen molar-refractivity contribution in [1.29, 1.82) is 0 Å². The molecule has 2 aliphatic heterocycles. The molecule has 3 aromatic rings. The van der Waals surface area contributed by atoms with E-state index < -0.39 is 0 Å². The molecule has 0 unspecified atom stereocenters. The number of amides is 1. The van der Waals surface area contributed by atoms with Crippen LogP contribution < -0.4 is 4.90 Å². The quantitative estimate of drug-likeness (QED) is 0.544. The molecule has 0 atom stereocenters. The van der Waals surface area contributed by atoms with Gasteiger partial charge in [0.05, 0.1) is 25.1 Å². The number of anilines is 1. The first-order valence-electron chi connectivity index (χ1n) is 12.9. The van der Waals surface area contributed by atoms with Crippen LogP contribution in [0, 0.1) is 0 Å². The molecule has 0 saturated carbocycles. The summed E-state index contributed by atoms with van der Waals surface area (Å²) in [5.41, 5.74) is 3.51. The zero-order chi connectivity index (χ0) is 23.8. The fourth-order valence-corrected chi connectivity index (χ4v) is 6.74. The molecule has 0 spiro atoms. The predicted molar refractivity (Wildman–Crippen MR) is 139 cm³/mol. The second-order valence-corrected chi connectivity index (χ2v) is 10.8. The van der Waals surface area contributed by atoms with Gasteiger partial charge in [0.25, 0.3) is 5.91 Å². The molecule has 7 nitrogen and oxygen atoms in total. The highest BCUT2D eigenvalue weighted by Crippen LogP contribution is 2.41. The molecule has 2 aromatic heterocycles.